The molecule has 4 aromatic rings. The number of nitrogens with zero attached hydrogens (tertiary/aromatic N) is 2. The second-order valence-corrected chi connectivity index (χ2v) is 9.21. The average molecular weight is 483 g/mol. The van der Waals surface area contributed by atoms with Crippen molar-refractivity contribution >= 4 is 27.4 Å². The van der Waals surface area contributed by atoms with Crippen LogP contribution in [0.3, 0.4) is 0 Å². The Morgan fingerprint density at radius 1 is 0.941 bits per heavy atom. The van der Waals surface area contributed by atoms with E-state index in [9.17, 15) is 22.0 Å². The van der Waals surface area contributed by atoms with Gasteiger partial charge in [0, 0.05) is 17.3 Å². The van der Waals surface area contributed by atoms with Gasteiger partial charge < -0.3 is 5.32 Å². The third-order valence-electron chi connectivity index (χ3n) is 4.92. The number of hydrogen-bond donors (Lipinski definition) is 2. The quantitative estimate of drug-likeness (QED) is 0.404. The topological polar surface area (TPSA) is 93.1 Å². The van der Waals surface area contributed by atoms with E-state index >= 15 is 0 Å². The Bertz CT molecular complexity index is 1440. The number of aryl methyl sites for hydroxylation is 1. The summed E-state index contributed by atoms with van der Waals surface area (Å²) in [7, 11) is -4.14. The van der Waals surface area contributed by atoms with Crippen molar-refractivity contribution in [3.8, 4) is 0 Å². The number of benzene rings is 3. The summed E-state index contributed by atoms with van der Waals surface area (Å²) in [6.45, 7) is 2.31. The third kappa shape index (κ3) is 5.29. The van der Waals surface area contributed by atoms with Gasteiger partial charge in [-0.3, -0.25) is 9.52 Å². The van der Waals surface area contributed by atoms with Crippen LogP contribution in [0.1, 0.15) is 21.6 Å². The van der Waals surface area contributed by atoms with E-state index in [0.717, 1.165) is 23.4 Å². The lowest BCUT2D eigenvalue weighted by atomic mass is 10.2. The van der Waals surface area contributed by atoms with Crippen molar-refractivity contribution in [1.82, 2.24) is 9.78 Å². The van der Waals surface area contributed by atoms with Crippen LogP contribution >= 0.6 is 0 Å². The lowest BCUT2D eigenvalue weighted by Gasteiger charge is -2.11. The molecular weight excluding hydrogens is 462 g/mol. The van der Waals surface area contributed by atoms with E-state index in [1.165, 1.54) is 24.3 Å². The maximum atomic E-state index is 13.4. The smallest absolute Gasteiger partial charge is 0.261 e. The fourth-order valence-corrected chi connectivity index (χ4v) is 4.33. The minimum absolute atomic E-state index is 0.159. The molecule has 0 atom stereocenters. The number of amides is 1. The standard InChI is InChI=1S/C24H20F2N4O3S/c1-16-13-23(30(28-16)15-17-5-3-2-4-6-17)27-24(31)18-7-9-19(10-8-18)29-34(32,33)20-11-12-21(25)22(26)14-20/h2-14,29H,15H2,1H3,(H,27,31). The van der Waals surface area contributed by atoms with Gasteiger partial charge >= 0.3 is 0 Å². The maximum absolute atomic E-state index is 13.4. The highest BCUT2D eigenvalue weighted by Gasteiger charge is 2.17. The zero-order valence-electron chi connectivity index (χ0n) is 18.0. The molecule has 174 valence electrons. The molecule has 0 aliphatic heterocycles. The second kappa shape index (κ2) is 9.44. The lowest BCUT2D eigenvalue weighted by Crippen LogP contribution is -2.17. The number of halogens is 2. The summed E-state index contributed by atoms with van der Waals surface area (Å²) in [5, 5.41) is 7.24. The van der Waals surface area contributed by atoms with Gasteiger partial charge in [-0.25, -0.2) is 21.9 Å². The highest BCUT2D eigenvalue weighted by molar-refractivity contribution is 7.92. The van der Waals surface area contributed by atoms with Crippen molar-refractivity contribution in [3.63, 3.8) is 0 Å². The Labute approximate surface area is 195 Å². The molecule has 0 aliphatic carbocycles. The predicted molar refractivity (Wildman–Crippen MR) is 124 cm³/mol. The van der Waals surface area contributed by atoms with Gasteiger partial charge in [0.05, 0.1) is 17.1 Å². The van der Waals surface area contributed by atoms with Crippen LogP contribution in [0.15, 0.2) is 83.8 Å². The average Bonchev–Trinajstić information content (AvgIpc) is 3.14. The van der Waals surface area contributed by atoms with Gasteiger partial charge in [-0.15, -0.1) is 0 Å². The largest absolute Gasteiger partial charge is 0.307 e. The van der Waals surface area contributed by atoms with Crippen molar-refractivity contribution in [2.24, 2.45) is 0 Å². The normalized spacial score (nSPS) is 11.3. The van der Waals surface area contributed by atoms with Crippen molar-refractivity contribution in [2.45, 2.75) is 18.4 Å². The third-order valence-corrected chi connectivity index (χ3v) is 6.30. The van der Waals surface area contributed by atoms with Crippen LogP contribution in [0.2, 0.25) is 0 Å². The Kier molecular flexibility index (Phi) is 6.42. The maximum Gasteiger partial charge on any atom is 0.261 e. The van der Waals surface area contributed by atoms with Crippen LogP contribution in [0.25, 0.3) is 0 Å². The van der Waals surface area contributed by atoms with E-state index in [4.69, 9.17) is 0 Å². The molecule has 0 fully saturated rings. The number of hydrogen-bond acceptors (Lipinski definition) is 4. The molecule has 0 bridgehead atoms. The van der Waals surface area contributed by atoms with Crippen molar-refractivity contribution in [1.29, 1.82) is 0 Å². The minimum Gasteiger partial charge on any atom is -0.307 e. The summed E-state index contributed by atoms with van der Waals surface area (Å²) in [4.78, 5) is 12.3. The van der Waals surface area contributed by atoms with Crippen LogP contribution in [-0.2, 0) is 16.6 Å². The number of rotatable bonds is 7. The molecule has 1 heterocycles. The summed E-state index contributed by atoms with van der Waals surface area (Å²) >= 11 is 0. The number of carbonyl (C=O) groups is 1. The number of aromatic nitrogens is 2. The first-order valence-electron chi connectivity index (χ1n) is 10.2. The second-order valence-electron chi connectivity index (χ2n) is 7.53. The zero-order valence-corrected chi connectivity index (χ0v) is 18.8. The van der Waals surface area contributed by atoms with Crippen LogP contribution in [0.5, 0.6) is 0 Å². The molecule has 10 heteroatoms. The molecule has 4 rings (SSSR count). The molecule has 1 aromatic heterocycles. The van der Waals surface area contributed by atoms with Gasteiger partial charge in [0.25, 0.3) is 15.9 Å². The van der Waals surface area contributed by atoms with Crippen LogP contribution in [-0.4, -0.2) is 24.1 Å². The Morgan fingerprint density at radius 2 is 1.65 bits per heavy atom. The number of anilines is 2. The van der Waals surface area contributed by atoms with Crippen molar-refractivity contribution < 1.29 is 22.0 Å². The highest BCUT2D eigenvalue weighted by Crippen LogP contribution is 2.20. The van der Waals surface area contributed by atoms with E-state index in [2.05, 4.69) is 15.1 Å². The summed E-state index contributed by atoms with van der Waals surface area (Å²) < 4.78 is 55.3. The van der Waals surface area contributed by atoms with Crippen LogP contribution in [0.4, 0.5) is 20.3 Å². The van der Waals surface area contributed by atoms with E-state index in [0.29, 0.717) is 24.0 Å². The molecular formula is C24H20F2N4O3S. The monoisotopic (exact) mass is 482 g/mol. The SMILES string of the molecule is Cc1cc(NC(=O)c2ccc(NS(=O)(=O)c3ccc(F)c(F)c3)cc2)n(Cc2ccccc2)n1. The van der Waals surface area contributed by atoms with Crippen LogP contribution in [0, 0.1) is 18.6 Å². The van der Waals surface area contributed by atoms with Gasteiger partial charge in [0.1, 0.15) is 5.82 Å². The summed E-state index contributed by atoms with van der Waals surface area (Å²) in [6, 6.07) is 19.4. The number of nitrogens with one attached hydrogen (secondary N) is 2. The fourth-order valence-electron chi connectivity index (χ4n) is 3.26. The van der Waals surface area contributed by atoms with Gasteiger partial charge in [0.15, 0.2) is 11.6 Å². The van der Waals surface area contributed by atoms with Gasteiger partial charge in [0.2, 0.25) is 0 Å². The molecule has 3 aromatic carbocycles. The summed E-state index contributed by atoms with van der Waals surface area (Å²) in [6.07, 6.45) is 0. The summed E-state index contributed by atoms with van der Waals surface area (Å²) in [5.74, 6) is -2.29. The van der Waals surface area contributed by atoms with Gasteiger partial charge in [-0.05, 0) is 55.0 Å². The first kappa shape index (κ1) is 23.1. The van der Waals surface area contributed by atoms with Crippen molar-refractivity contribution in [3.05, 3.63) is 107 Å². The van der Waals surface area contributed by atoms with E-state index in [1.54, 1.807) is 10.7 Å². The van der Waals surface area contributed by atoms with E-state index < -0.39 is 32.5 Å². The molecule has 0 saturated heterocycles. The molecule has 1 amide bonds. The summed E-state index contributed by atoms with van der Waals surface area (Å²) in [5.41, 5.74) is 2.22. The Balaban J connectivity index is 1.46. The first-order chi connectivity index (χ1) is 16.2. The van der Waals surface area contributed by atoms with Gasteiger partial charge in [-0.2, -0.15) is 5.10 Å². The fraction of sp³-hybridized carbons (Fsp3) is 0.0833. The lowest BCUT2D eigenvalue weighted by molar-refractivity contribution is 0.102. The molecule has 0 radical (unpaired) electrons. The molecule has 7 nitrogen and oxygen atoms in total. The molecule has 2 N–H and O–H groups in total. The molecule has 0 spiro atoms. The molecule has 0 aliphatic rings. The highest BCUT2D eigenvalue weighted by atomic mass is 32.2. The molecule has 0 unspecified atom stereocenters. The van der Waals surface area contributed by atoms with E-state index in [1.807, 2.05) is 37.3 Å². The molecule has 34 heavy (non-hydrogen) atoms. The number of sulfonamides is 1. The number of carbonyl (C=O) groups excluding carboxylic acids is 1. The van der Waals surface area contributed by atoms with Crippen molar-refractivity contribution in [2.75, 3.05) is 10.0 Å². The minimum atomic E-state index is -4.14. The Morgan fingerprint density at radius 3 is 2.32 bits per heavy atom. The van der Waals surface area contributed by atoms with Gasteiger partial charge in [-0.1, -0.05) is 30.3 Å². The predicted octanol–water partition coefficient (Wildman–Crippen LogP) is 4.57. The first-order valence-corrected chi connectivity index (χ1v) is 11.7. The molecule has 0 saturated carbocycles. The zero-order chi connectivity index (χ0) is 24.3. The van der Waals surface area contributed by atoms with E-state index in [-0.39, 0.29) is 5.69 Å². The van der Waals surface area contributed by atoms with Crippen LogP contribution < -0.4 is 10.0 Å². The Hall–Kier alpha value is -4.05.